The van der Waals surface area contributed by atoms with E-state index in [1.807, 2.05) is 30.0 Å². The maximum atomic E-state index is 13.1. The molecule has 10 nitrogen and oxygen atoms in total. The van der Waals surface area contributed by atoms with Crippen molar-refractivity contribution >= 4 is 29.2 Å². The Morgan fingerprint density at radius 2 is 1.93 bits per heavy atom. The van der Waals surface area contributed by atoms with E-state index in [1.165, 1.54) is 6.33 Å². The van der Waals surface area contributed by atoms with Crippen LogP contribution in [0.4, 0.5) is 16.3 Å². The highest BCUT2D eigenvalue weighted by Gasteiger charge is 2.26. The van der Waals surface area contributed by atoms with Crippen LogP contribution in [0, 0.1) is 6.92 Å². The lowest BCUT2D eigenvalue weighted by molar-refractivity contribution is 0.0746. The van der Waals surface area contributed by atoms with E-state index in [0.29, 0.717) is 50.6 Å². The number of fused-ring (bicyclic) bond motifs is 1. The van der Waals surface area contributed by atoms with Crippen LogP contribution in [0.1, 0.15) is 16.1 Å². The molecule has 2 aliphatic heterocycles. The molecule has 0 bridgehead atoms. The molecule has 0 unspecified atom stereocenters. The molecule has 10 heteroatoms. The van der Waals surface area contributed by atoms with Gasteiger partial charge in [0.1, 0.15) is 12.1 Å². The molecular weight excluding hydrogens is 384 g/mol. The van der Waals surface area contributed by atoms with Gasteiger partial charge in [0.05, 0.1) is 0 Å². The quantitative estimate of drug-likeness (QED) is 0.695. The lowest BCUT2D eigenvalue weighted by atomic mass is 10.1. The second kappa shape index (κ2) is 7.29. The molecule has 154 valence electrons. The Kier molecular flexibility index (Phi) is 4.46. The van der Waals surface area contributed by atoms with E-state index in [2.05, 4.69) is 25.3 Å². The van der Waals surface area contributed by atoms with Crippen molar-refractivity contribution in [3.8, 4) is 0 Å². The Bertz CT molecular complexity index is 1120. The van der Waals surface area contributed by atoms with Crippen molar-refractivity contribution in [1.82, 2.24) is 29.8 Å². The standard InChI is InChI=1S/C20H22N8O2/c1-14-11-17(28-19(24-14)22-13-23-28)25-7-9-26(10-8-25)18(29)15-3-2-4-16(12-15)27-6-5-21-20(27)30/h2-4,11-13H,5-10H2,1H3,(H,21,30). The molecule has 0 radical (unpaired) electrons. The highest BCUT2D eigenvalue weighted by molar-refractivity contribution is 5.98. The van der Waals surface area contributed by atoms with E-state index < -0.39 is 0 Å². The summed E-state index contributed by atoms with van der Waals surface area (Å²) >= 11 is 0. The summed E-state index contributed by atoms with van der Waals surface area (Å²) in [6.45, 7) is 5.75. The molecule has 4 heterocycles. The third kappa shape index (κ3) is 3.19. The lowest BCUT2D eigenvalue weighted by Crippen LogP contribution is -2.49. The van der Waals surface area contributed by atoms with Crippen LogP contribution in [0.25, 0.3) is 5.78 Å². The smallest absolute Gasteiger partial charge is 0.321 e. The minimum absolute atomic E-state index is 0.0204. The number of carbonyl (C=O) groups excluding carboxylic acids is 2. The van der Waals surface area contributed by atoms with Crippen LogP contribution in [0.3, 0.4) is 0 Å². The van der Waals surface area contributed by atoms with Crippen LogP contribution in [0.2, 0.25) is 0 Å². The molecule has 2 saturated heterocycles. The molecule has 30 heavy (non-hydrogen) atoms. The first kappa shape index (κ1) is 18.3. The number of piperazine rings is 1. The molecule has 3 amide bonds. The number of hydrogen-bond acceptors (Lipinski definition) is 6. The second-order valence-electron chi connectivity index (χ2n) is 7.44. The summed E-state index contributed by atoms with van der Waals surface area (Å²) in [5.41, 5.74) is 2.22. The number of nitrogens with one attached hydrogen (secondary N) is 1. The highest BCUT2D eigenvalue weighted by Crippen LogP contribution is 2.21. The molecule has 0 saturated carbocycles. The van der Waals surface area contributed by atoms with Gasteiger partial charge in [-0.25, -0.2) is 9.78 Å². The monoisotopic (exact) mass is 406 g/mol. The molecule has 2 aliphatic rings. The van der Waals surface area contributed by atoms with Gasteiger partial charge in [-0.1, -0.05) is 6.07 Å². The molecule has 3 aromatic rings. The lowest BCUT2D eigenvalue weighted by Gasteiger charge is -2.36. The zero-order chi connectivity index (χ0) is 20.7. The average Bonchev–Trinajstić information content (AvgIpc) is 3.41. The minimum atomic E-state index is -0.125. The van der Waals surface area contributed by atoms with Gasteiger partial charge in [-0.05, 0) is 25.1 Å². The minimum Gasteiger partial charge on any atom is -0.353 e. The fraction of sp³-hybridized carbons (Fsp3) is 0.350. The Morgan fingerprint density at radius 1 is 1.10 bits per heavy atom. The first-order valence-electron chi connectivity index (χ1n) is 9.97. The summed E-state index contributed by atoms with van der Waals surface area (Å²) in [6.07, 6.45) is 1.50. The van der Waals surface area contributed by atoms with Crippen molar-refractivity contribution in [2.75, 3.05) is 49.1 Å². The van der Waals surface area contributed by atoms with Crippen molar-refractivity contribution in [1.29, 1.82) is 0 Å². The normalized spacial score (nSPS) is 17.0. The molecular formula is C20H22N8O2. The molecule has 1 aromatic carbocycles. The summed E-state index contributed by atoms with van der Waals surface area (Å²) in [5.74, 6) is 1.49. The number of rotatable bonds is 3. The molecule has 0 spiro atoms. The second-order valence-corrected chi connectivity index (χ2v) is 7.44. The number of aromatic nitrogens is 4. The molecule has 0 atom stereocenters. The Labute approximate surface area is 173 Å². The molecule has 5 rings (SSSR count). The van der Waals surface area contributed by atoms with Crippen molar-refractivity contribution in [2.24, 2.45) is 0 Å². The van der Waals surface area contributed by atoms with Gasteiger partial charge in [-0.3, -0.25) is 9.69 Å². The Morgan fingerprint density at radius 3 is 2.70 bits per heavy atom. The largest absolute Gasteiger partial charge is 0.353 e. The van der Waals surface area contributed by atoms with E-state index in [9.17, 15) is 9.59 Å². The van der Waals surface area contributed by atoms with Crippen molar-refractivity contribution in [3.63, 3.8) is 0 Å². The molecule has 2 fully saturated rings. The average molecular weight is 406 g/mol. The van der Waals surface area contributed by atoms with Crippen LogP contribution in [0.5, 0.6) is 0 Å². The van der Waals surface area contributed by atoms with Gasteiger partial charge in [-0.15, -0.1) is 0 Å². The van der Waals surface area contributed by atoms with E-state index in [4.69, 9.17) is 0 Å². The number of hydrogen-bond donors (Lipinski definition) is 1. The van der Waals surface area contributed by atoms with Gasteiger partial charge in [0.25, 0.3) is 11.7 Å². The predicted octanol–water partition coefficient (Wildman–Crippen LogP) is 0.925. The Balaban J connectivity index is 1.30. The number of amides is 3. The molecule has 1 N–H and O–H groups in total. The van der Waals surface area contributed by atoms with Crippen molar-refractivity contribution in [3.05, 3.63) is 47.9 Å². The SMILES string of the molecule is Cc1cc(N2CCN(C(=O)c3cccc(N4CCNC4=O)c3)CC2)n2ncnc2n1. The van der Waals surface area contributed by atoms with Gasteiger partial charge in [0, 0.05) is 62.3 Å². The summed E-state index contributed by atoms with van der Waals surface area (Å²) in [7, 11) is 0. The van der Waals surface area contributed by atoms with Crippen molar-refractivity contribution < 1.29 is 9.59 Å². The van der Waals surface area contributed by atoms with Crippen LogP contribution in [-0.4, -0.2) is 75.7 Å². The summed E-state index contributed by atoms with van der Waals surface area (Å²) in [4.78, 5) is 39.3. The van der Waals surface area contributed by atoms with Crippen LogP contribution < -0.4 is 15.1 Å². The number of carbonyl (C=O) groups is 2. The topological polar surface area (TPSA) is 99.0 Å². The number of anilines is 2. The van der Waals surface area contributed by atoms with Crippen molar-refractivity contribution in [2.45, 2.75) is 6.92 Å². The zero-order valence-corrected chi connectivity index (χ0v) is 16.7. The van der Waals surface area contributed by atoms with Crippen LogP contribution >= 0.6 is 0 Å². The third-order valence-corrected chi connectivity index (χ3v) is 5.51. The molecule has 0 aliphatic carbocycles. The van der Waals surface area contributed by atoms with Gasteiger partial charge >= 0.3 is 6.03 Å². The first-order valence-corrected chi connectivity index (χ1v) is 9.97. The number of aryl methyl sites for hydroxylation is 1. The highest BCUT2D eigenvalue weighted by atomic mass is 16.2. The van der Waals surface area contributed by atoms with E-state index in [-0.39, 0.29) is 11.9 Å². The van der Waals surface area contributed by atoms with E-state index in [0.717, 1.165) is 17.2 Å². The number of nitrogens with zero attached hydrogens (tertiary/aromatic N) is 7. The maximum absolute atomic E-state index is 13.1. The summed E-state index contributed by atoms with van der Waals surface area (Å²) < 4.78 is 1.73. The fourth-order valence-electron chi connectivity index (χ4n) is 3.98. The Hall–Kier alpha value is -3.69. The van der Waals surface area contributed by atoms with Gasteiger partial charge < -0.3 is 15.1 Å². The van der Waals surface area contributed by atoms with Crippen LogP contribution in [-0.2, 0) is 0 Å². The van der Waals surface area contributed by atoms with E-state index in [1.54, 1.807) is 21.5 Å². The summed E-state index contributed by atoms with van der Waals surface area (Å²) in [6, 6.07) is 9.15. The summed E-state index contributed by atoms with van der Waals surface area (Å²) in [5, 5.41) is 7.06. The third-order valence-electron chi connectivity index (χ3n) is 5.51. The zero-order valence-electron chi connectivity index (χ0n) is 16.7. The van der Waals surface area contributed by atoms with Gasteiger partial charge in [0.15, 0.2) is 0 Å². The molecule has 2 aromatic heterocycles. The van der Waals surface area contributed by atoms with Gasteiger partial charge in [-0.2, -0.15) is 14.6 Å². The number of benzene rings is 1. The first-order chi connectivity index (χ1) is 14.6. The van der Waals surface area contributed by atoms with Crippen LogP contribution in [0.15, 0.2) is 36.7 Å². The predicted molar refractivity (Wildman–Crippen MR) is 111 cm³/mol. The van der Waals surface area contributed by atoms with E-state index >= 15 is 0 Å². The number of urea groups is 1. The maximum Gasteiger partial charge on any atom is 0.321 e. The van der Waals surface area contributed by atoms with Gasteiger partial charge in [0.2, 0.25) is 0 Å². The fourth-order valence-corrected chi connectivity index (χ4v) is 3.98.